The van der Waals surface area contributed by atoms with Crippen molar-refractivity contribution in [2.24, 2.45) is 0 Å². The molecule has 154 valence electrons. The van der Waals surface area contributed by atoms with Crippen molar-refractivity contribution in [3.63, 3.8) is 0 Å². The Labute approximate surface area is 169 Å². The lowest BCUT2D eigenvalue weighted by Crippen LogP contribution is -2.21. The monoisotopic (exact) mass is 427 g/mol. The van der Waals surface area contributed by atoms with E-state index in [0.29, 0.717) is 11.8 Å². The summed E-state index contributed by atoms with van der Waals surface area (Å²) in [6.07, 6.45) is -4.70. The Balaban J connectivity index is 0.00000300. The highest BCUT2D eigenvalue weighted by atomic mass is 35.5. The Morgan fingerprint density at radius 2 is 1.90 bits per heavy atom. The van der Waals surface area contributed by atoms with E-state index in [1.54, 1.807) is 12.1 Å². The molecular weight excluding hydrogens is 411 g/mol. The first-order valence-electron chi connectivity index (χ1n) is 7.88. The van der Waals surface area contributed by atoms with E-state index in [2.05, 4.69) is 10.4 Å². The van der Waals surface area contributed by atoms with Crippen molar-refractivity contribution in [2.45, 2.75) is 13.6 Å². The van der Waals surface area contributed by atoms with Gasteiger partial charge >= 0.3 is 6.18 Å². The molecule has 6 nitrogen and oxygen atoms in total. The highest BCUT2D eigenvalue weighted by Gasteiger charge is 2.36. The smallest absolute Gasteiger partial charge is 0.435 e. The molecule has 2 aromatic carbocycles. The van der Waals surface area contributed by atoms with Crippen molar-refractivity contribution >= 4 is 23.2 Å². The number of hydrogen-bond acceptors (Lipinski definition) is 4. The molecule has 0 spiro atoms. The van der Waals surface area contributed by atoms with E-state index in [1.165, 1.54) is 36.4 Å². The van der Waals surface area contributed by atoms with E-state index in [1.807, 2.05) is 0 Å². The van der Waals surface area contributed by atoms with Crippen molar-refractivity contribution in [2.75, 3.05) is 11.9 Å². The topological polar surface area (TPSA) is 76.4 Å². The number of carbonyl (C=O) groups is 1. The van der Waals surface area contributed by atoms with Crippen molar-refractivity contribution in [1.82, 2.24) is 9.78 Å². The first-order chi connectivity index (χ1) is 13.2. The molecular formula is C19H17ClF3N3O3. The first-order valence-corrected chi connectivity index (χ1v) is 8.25. The number of benzene rings is 2. The number of aromatic hydroxyl groups is 1. The number of nitrogens with one attached hydrogen (secondary N) is 1. The van der Waals surface area contributed by atoms with Gasteiger partial charge in [-0.25, -0.2) is 0 Å². The van der Waals surface area contributed by atoms with Crippen LogP contribution in [0.25, 0.3) is 5.69 Å². The van der Waals surface area contributed by atoms with Gasteiger partial charge in [-0.05, 0) is 24.3 Å². The Morgan fingerprint density at radius 1 is 1.17 bits per heavy atom. The summed E-state index contributed by atoms with van der Waals surface area (Å²) < 4.78 is 45.3. The quantitative estimate of drug-likeness (QED) is 0.607. The fraction of sp³-hybridized carbons (Fsp3) is 0.158. The molecule has 0 saturated heterocycles. The lowest BCUT2D eigenvalue weighted by molar-refractivity contribution is -0.141. The molecule has 0 aliphatic carbocycles. The van der Waals surface area contributed by atoms with Gasteiger partial charge in [0.25, 0.3) is 5.91 Å². The Hall–Kier alpha value is -3.20. The second kappa shape index (κ2) is 8.87. The van der Waals surface area contributed by atoms with Gasteiger partial charge < -0.3 is 15.2 Å². The van der Waals surface area contributed by atoms with E-state index in [-0.39, 0.29) is 29.8 Å². The number of alkyl halides is 3. The van der Waals surface area contributed by atoms with Gasteiger partial charge in [0.05, 0.1) is 10.7 Å². The van der Waals surface area contributed by atoms with Crippen LogP contribution in [0.15, 0.2) is 54.6 Å². The number of rotatable bonds is 5. The van der Waals surface area contributed by atoms with Crippen LogP contribution in [-0.2, 0) is 11.0 Å². The normalized spacial score (nSPS) is 10.9. The van der Waals surface area contributed by atoms with Gasteiger partial charge in [0.15, 0.2) is 12.3 Å². The number of carbonyl (C=O) groups excluding carboxylic acids is 1. The molecule has 2 N–H and O–H groups in total. The van der Waals surface area contributed by atoms with Crippen LogP contribution >= 0.6 is 11.6 Å². The SMILES string of the molecule is C.O=C(COc1cc(C(F)(F)F)nn1-c1ccccc1Cl)Nc1cccc(O)c1. The molecule has 1 amide bonds. The zero-order valence-corrected chi connectivity index (χ0v) is 14.8. The third kappa shape index (κ3) is 5.41. The summed E-state index contributed by atoms with van der Waals surface area (Å²) in [6, 6.07) is 12.6. The summed E-state index contributed by atoms with van der Waals surface area (Å²) in [5.41, 5.74) is -0.706. The average molecular weight is 428 g/mol. The van der Waals surface area contributed by atoms with Crippen LogP contribution < -0.4 is 10.1 Å². The zero-order chi connectivity index (χ0) is 20.3. The zero-order valence-electron chi connectivity index (χ0n) is 14.1. The van der Waals surface area contributed by atoms with Crippen LogP contribution in [0.3, 0.4) is 0 Å². The van der Waals surface area contributed by atoms with Crippen molar-refractivity contribution in [3.8, 4) is 17.3 Å². The van der Waals surface area contributed by atoms with Gasteiger partial charge in [-0.15, -0.1) is 0 Å². The summed E-state index contributed by atoms with van der Waals surface area (Å²) >= 11 is 6.04. The molecule has 0 unspecified atom stereocenters. The molecule has 1 aromatic heterocycles. The van der Waals surface area contributed by atoms with Crippen molar-refractivity contribution < 1.29 is 27.8 Å². The highest BCUT2D eigenvalue weighted by Crippen LogP contribution is 2.33. The number of ether oxygens (including phenoxy) is 1. The Kier molecular flexibility index (Phi) is 6.76. The number of para-hydroxylation sites is 1. The molecule has 0 atom stereocenters. The minimum atomic E-state index is -4.70. The van der Waals surface area contributed by atoms with Crippen molar-refractivity contribution in [3.05, 3.63) is 65.3 Å². The predicted molar refractivity (Wildman–Crippen MR) is 103 cm³/mol. The summed E-state index contributed by atoms with van der Waals surface area (Å²) in [7, 11) is 0. The maximum Gasteiger partial charge on any atom is 0.435 e. The van der Waals surface area contributed by atoms with Crippen molar-refractivity contribution in [1.29, 1.82) is 0 Å². The molecule has 0 aliphatic rings. The number of phenols is 1. The molecule has 3 rings (SSSR count). The Bertz CT molecular complexity index is 1010. The van der Waals surface area contributed by atoms with E-state index in [9.17, 15) is 23.1 Å². The van der Waals surface area contributed by atoms with E-state index in [4.69, 9.17) is 16.3 Å². The van der Waals surface area contributed by atoms with Gasteiger partial charge in [0, 0.05) is 17.8 Å². The van der Waals surface area contributed by atoms with Crippen LogP contribution in [0.2, 0.25) is 5.02 Å². The molecule has 0 aliphatic heterocycles. The standard InChI is InChI=1S/C18H13ClF3N3O3.CH4/c19-13-6-1-2-7-14(13)25-17(9-15(24-25)18(20,21)22)28-10-16(27)23-11-4-3-5-12(26)8-11;/h1-9,26H,10H2,(H,23,27);1H4. The van der Waals surface area contributed by atoms with Gasteiger partial charge in [-0.2, -0.15) is 23.0 Å². The molecule has 1 heterocycles. The number of phenolic OH excluding ortho intramolecular Hbond substituents is 1. The van der Waals surface area contributed by atoms with Gasteiger partial charge in [-0.1, -0.05) is 37.2 Å². The van der Waals surface area contributed by atoms with Gasteiger partial charge in [0.1, 0.15) is 5.75 Å². The summed E-state index contributed by atoms with van der Waals surface area (Å²) in [5, 5.41) is 15.5. The lowest BCUT2D eigenvalue weighted by Gasteiger charge is -2.10. The summed E-state index contributed by atoms with van der Waals surface area (Å²) in [4.78, 5) is 12.0. The van der Waals surface area contributed by atoms with Crippen LogP contribution in [-0.4, -0.2) is 27.4 Å². The highest BCUT2D eigenvalue weighted by molar-refractivity contribution is 6.32. The van der Waals surface area contributed by atoms with Crippen LogP contribution in [0.1, 0.15) is 13.1 Å². The fourth-order valence-electron chi connectivity index (χ4n) is 2.32. The average Bonchev–Trinajstić information content (AvgIpc) is 3.05. The number of halogens is 4. The van der Waals surface area contributed by atoms with E-state index >= 15 is 0 Å². The molecule has 10 heteroatoms. The number of aromatic nitrogens is 2. The molecule has 0 saturated carbocycles. The minimum absolute atomic E-state index is 0. The lowest BCUT2D eigenvalue weighted by atomic mass is 10.3. The Morgan fingerprint density at radius 3 is 2.55 bits per heavy atom. The van der Waals surface area contributed by atoms with E-state index < -0.39 is 24.4 Å². The largest absolute Gasteiger partial charge is 0.508 e. The summed E-state index contributed by atoms with van der Waals surface area (Å²) in [6.45, 7) is -0.580. The fourth-order valence-corrected chi connectivity index (χ4v) is 2.54. The predicted octanol–water partition coefficient (Wildman–Crippen LogP) is 4.90. The maximum atomic E-state index is 13.1. The molecule has 0 bridgehead atoms. The third-order valence-corrected chi connectivity index (χ3v) is 3.85. The molecule has 3 aromatic rings. The van der Waals surface area contributed by atoms with Gasteiger partial charge in [-0.3, -0.25) is 4.79 Å². The van der Waals surface area contributed by atoms with Crippen LogP contribution in [0, 0.1) is 0 Å². The van der Waals surface area contributed by atoms with Crippen LogP contribution in [0.4, 0.5) is 18.9 Å². The maximum absolute atomic E-state index is 13.1. The number of anilines is 1. The first kappa shape index (κ1) is 22.1. The van der Waals surface area contributed by atoms with E-state index in [0.717, 1.165) is 4.68 Å². The number of nitrogens with zero attached hydrogens (tertiary/aromatic N) is 2. The minimum Gasteiger partial charge on any atom is -0.508 e. The second-order valence-corrected chi connectivity index (χ2v) is 6.02. The number of hydrogen-bond donors (Lipinski definition) is 2. The van der Waals surface area contributed by atoms with Crippen LogP contribution in [0.5, 0.6) is 11.6 Å². The molecule has 29 heavy (non-hydrogen) atoms. The number of amides is 1. The molecule has 0 radical (unpaired) electrons. The third-order valence-electron chi connectivity index (χ3n) is 3.53. The molecule has 0 fully saturated rings. The summed E-state index contributed by atoms with van der Waals surface area (Å²) in [5.74, 6) is -0.983. The second-order valence-electron chi connectivity index (χ2n) is 5.62. The van der Waals surface area contributed by atoms with Gasteiger partial charge in [0.2, 0.25) is 5.88 Å².